The minimum atomic E-state index is -0.244. The van der Waals surface area contributed by atoms with E-state index in [4.69, 9.17) is 4.74 Å². The van der Waals surface area contributed by atoms with Crippen molar-refractivity contribution in [2.24, 2.45) is 0 Å². The van der Waals surface area contributed by atoms with Crippen LogP contribution in [0, 0.1) is 0 Å². The summed E-state index contributed by atoms with van der Waals surface area (Å²) in [6.07, 6.45) is 2.40. The topological polar surface area (TPSA) is 66.5 Å². The predicted octanol–water partition coefficient (Wildman–Crippen LogP) is 2.79. The second-order valence-electron chi connectivity index (χ2n) is 5.63. The summed E-state index contributed by atoms with van der Waals surface area (Å²) in [5, 5.41) is 5.81. The molecule has 120 valence electrons. The number of nitrogens with zero attached hydrogens (tertiary/aromatic N) is 2. The van der Waals surface area contributed by atoms with Crippen LogP contribution in [0.4, 0.5) is 16.3 Å². The van der Waals surface area contributed by atoms with Crippen molar-refractivity contribution in [3.63, 3.8) is 0 Å². The summed E-state index contributed by atoms with van der Waals surface area (Å²) >= 11 is 0. The standard InChI is InChI=1S/C17H20N4O2/c1-21(2)16-8-7-12(11-18-16)19-17(22)20-14-9-10-23-15-6-4-3-5-13(14)15/h3-8,11,14H,9-10H2,1-2H3,(H2,19,20,22)/t14-/m1/s1. The molecule has 2 aromatic rings. The quantitative estimate of drug-likeness (QED) is 0.914. The molecule has 0 bridgehead atoms. The summed E-state index contributed by atoms with van der Waals surface area (Å²) in [6.45, 7) is 0.598. The Bertz CT molecular complexity index is 685. The second-order valence-corrected chi connectivity index (χ2v) is 5.63. The van der Waals surface area contributed by atoms with Crippen LogP contribution in [0.15, 0.2) is 42.6 Å². The van der Waals surface area contributed by atoms with Crippen LogP contribution in [-0.2, 0) is 0 Å². The second kappa shape index (κ2) is 6.56. The highest BCUT2D eigenvalue weighted by molar-refractivity contribution is 5.89. The van der Waals surface area contributed by atoms with E-state index in [0.29, 0.717) is 12.3 Å². The Morgan fingerprint density at radius 3 is 2.83 bits per heavy atom. The SMILES string of the molecule is CN(C)c1ccc(NC(=O)N[C@@H]2CCOc3ccccc32)cn1. The fourth-order valence-electron chi connectivity index (χ4n) is 2.54. The number of amides is 2. The third-order valence-electron chi connectivity index (χ3n) is 3.73. The lowest BCUT2D eigenvalue weighted by Gasteiger charge is -2.26. The van der Waals surface area contributed by atoms with Gasteiger partial charge in [0, 0.05) is 26.1 Å². The van der Waals surface area contributed by atoms with E-state index in [1.165, 1.54) is 0 Å². The number of fused-ring (bicyclic) bond motifs is 1. The summed E-state index contributed by atoms with van der Waals surface area (Å²) in [5.41, 5.74) is 1.67. The van der Waals surface area contributed by atoms with E-state index in [0.717, 1.165) is 23.6 Å². The van der Waals surface area contributed by atoms with Gasteiger partial charge in [0.05, 0.1) is 24.5 Å². The highest BCUT2D eigenvalue weighted by atomic mass is 16.5. The maximum absolute atomic E-state index is 12.2. The third kappa shape index (κ3) is 3.53. The number of hydrogen-bond donors (Lipinski definition) is 2. The predicted molar refractivity (Wildman–Crippen MR) is 90.0 cm³/mol. The average molecular weight is 312 g/mol. The first kappa shape index (κ1) is 15.1. The van der Waals surface area contributed by atoms with Gasteiger partial charge in [-0.3, -0.25) is 0 Å². The van der Waals surface area contributed by atoms with Crippen LogP contribution in [0.5, 0.6) is 5.75 Å². The van der Waals surface area contributed by atoms with Crippen molar-refractivity contribution in [1.29, 1.82) is 0 Å². The first-order chi connectivity index (χ1) is 11.1. The molecule has 2 amide bonds. The maximum atomic E-state index is 12.2. The van der Waals surface area contributed by atoms with Gasteiger partial charge < -0.3 is 20.3 Å². The fourth-order valence-corrected chi connectivity index (χ4v) is 2.54. The largest absolute Gasteiger partial charge is 0.493 e. The molecule has 1 aliphatic rings. The molecule has 1 aliphatic heterocycles. The zero-order valence-corrected chi connectivity index (χ0v) is 13.2. The minimum Gasteiger partial charge on any atom is -0.493 e. The highest BCUT2D eigenvalue weighted by Gasteiger charge is 2.22. The Morgan fingerprint density at radius 2 is 2.09 bits per heavy atom. The number of carbonyl (C=O) groups is 1. The van der Waals surface area contributed by atoms with Crippen LogP contribution in [0.25, 0.3) is 0 Å². The zero-order valence-electron chi connectivity index (χ0n) is 13.2. The third-order valence-corrected chi connectivity index (χ3v) is 3.73. The maximum Gasteiger partial charge on any atom is 0.319 e. The molecule has 0 fully saturated rings. The summed E-state index contributed by atoms with van der Waals surface area (Å²) in [4.78, 5) is 18.4. The van der Waals surface area contributed by atoms with Crippen molar-refractivity contribution in [3.8, 4) is 5.75 Å². The minimum absolute atomic E-state index is 0.0473. The monoisotopic (exact) mass is 312 g/mol. The van der Waals surface area contributed by atoms with Gasteiger partial charge in [-0.25, -0.2) is 9.78 Å². The number of urea groups is 1. The van der Waals surface area contributed by atoms with E-state index < -0.39 is 0 Å². The van der Waals surface area contributed by atoms with E-state index in [2.05, 4.69) is 15.6 Å². The number of para-hydroxylation sites is 1. The molecular formula is C17H20N4O2. The number of anilines is 2. The van der Waals surface area contributed by atoms with E-state index in [1.807, 2.05) is 55.4 Å². The van der Waals surface area contributed by atoms with Crippen molar-refractivity contribution in [2.45, 2.75) is 12.5 Å². The molecule has 1 aromatic carbocycles. The van der Waals surface area contributed by atoms with E-state index in [1.54, 1.807) is 6.20 Å². The van der Waals surface area contributed by atoms with Gasteiger partial charge in [0.1, 0.15) is 11.6 Å². The van der Waals surface area contributed by atoms with Crippen LogP contribution >= 0.6 is 0 Å². The normalized spacial score (nSPS) is 16.0. The smallest absolute Gasteiger partial charge is 0.319 e. The molecule has 23 heavy (non-hydrogen) atoms. The van der Waals surface area contributed by atoms with Crippen molar-refractivity contribution in [3.05, 3.63) is 48.2 Å². The van der Waals surface area contributed by atoms with Gasteiger partial charge in [-0.1, -0.05) is 18.2 Å². The molecule has 0 radical (unpaired) electrons. The molecule has 1 atom stereocenters. The number of benzene rings is 1. The van der Waals surface area contributed by atoms with Crippen molar-refractivity contribution < 1.29 is 9.53 Å². The van der Waals surface area contributed by atoms with Gasteiger partial charge in [-0.2, -0.15) is 0 Å². The molecule has 0 saturated carbocycles. The lowest BCUT2D eigenvalue weighted by atomic mass is 10.0. The van der Waals surface area contributed by atoms with Crippen molar-refractivity contribution in [2.75, 3.05) is 30.9 Å². The summed E-state index contributed by atoms with van der Waals surface area (Å²) in [7, 11) is 3.84. The Hall–Kier alpha value is -2.76. The summed E-state index contributed by atoms with van der Waals surface area (Å²) in [6, 6.07) is 11.2. The Morgan fingerprint density at radius 1 is 1.26 bits per heavy atom. The van der Waals surface area contributed by atoms with Gasteiger partial charge in [0.2, 0.25) is 0 Å². The van der Waals surface area contributed by atoms with Crippen molar-refractivity contribution >= 4 is 17.5 Å². The first-order valence-electron chi connectivity index (χ1n) is 7.56. The van der Waals surface area contributed by atoms with E-state index in [-0.39, 0.29) is 12.1 Å². The van der Waals surface area contributed by atoms with Crippen LogP contribution in [0.3, 0.4) is 0 Å². The molecule has 3 rings (SSSR count). The molecule has 0 saturated heterocycles. The molecule has 6 nitrogen and oxygen atoms in total. The van der Waals surface area contributed by atoms with Gasteiger partial charge in [0.25, 0.3) is 0 Å². The van der Waals surface area contributed by atoms with Gasteiger partial charge in [-0.05, 0) is 18.2 Å². The first-order valence-corrected chi connectivity index (χ1v) is 7.56. The van der Waals surface area contributed by atoms with Gasteiger partial charge >= 0.3 is 6.03 Å². The Labute approximate surface area is 135 Å². The molecular weight excluding hydrogens is 292 g/mol. The fraction of sp³-hybridized carbons (Fsp3) is 0.294. The molecule has 2 N–H and O–H groups in total. The molecule has 2 heterocycles. The molecule has 0 aliphatic carbocycles. The number of hydrogen-bond acceptors (Lipinski definition) is 4. The summed E-state index contributed by atoms with van der Waals surface area (Å²) < 4.78 is 5.60. The van der Waals surface area contributed by atoms with Gasteiger partial charge in [-0.15, -0.1) is 0 Å². The van der Waals surface area contributed by atoms with Crippen LogP contribution < -0.4 is 20.3 Å². The molecule has 6 heteroatoms. The Kier molecular flexibility index (Phi) is 4.32. The number of carbonyl (C=O) groups excluding carboxylic acids is 1. The highest BCUT2D eigenvalue weighted by Crippen LogP contribution is 2.31. The number of nitrogens with one attached hydrogen (secondary N) is 2. The number of aromatic nitrogens is 1. The molecule has 1 aromatic heterocycles. The lowest BCUT2D eigenvalue weighted by Crippen LogP contribution is -2.35. The number of pyridine rings is 1. The number of ether oxygens (including phenoxy) is 1. The summed E-state index contributed by atoms with van der Waals surface area (Å²) in [5.74, 6) is 1.68. The lowest BCUT2D eigenvalue weighted by molar-refractivity contribution is 0.232. The average Bonchev–Trinajstić information content (AvgIpc) is 2.55. The molecule has 0 unspecified atom stereocenters. The Balaban J connectivity index is 1.64. The number of rotatable bonds is 3. The zero-order chi connectivity index (χ0) is 16.2. The molecule has 0 spiro atoms. The van der Waals surface area contributed by atoms with Gasteiger partial charge in [0.15, 0.2) is 0 Å². The van der Waals surface area contributed by atoms with Crippen molar-refractivity contribution in [1.82, 2.24) is 10.3 Å². The van der Waals surface area contributed by atoms with Crippen LogP contribution in [0.1, 0.15) is 18.0 Å². The van der Waals surface area contributed by atoms with E-state index >= 15 is 0 Å². The van der Waals surface area contributed by atoms with Crippen LogP contribution in [-0.4, -0.2) is 31.7 Å². The van der Waals surface area contributed by atoms with E-state index in [9.17, 15) is 4.79 Å². The van der Waals surface area contributed by atoms with Crippen LogP contribution in [0.2, 0.25) is 0 Å².